The average Bonchev–Trinajstić information content (AvgIpc) is 2.89. The maximum atomic E-state index is 6.38. The van der Waals surface area contributed by atoms with E-state index in [0.29, 0.717) is 11.6 Å². The van der Waals surface area contributed by atoms with Crippen molar-refractivity contribution in [1.82, 2.24) is 14.8 Å². The first kappa shape index (κ1) is 14.3. The lowest BCUT2D eigenvalue weighted by atomic mass is 10.1. The predicted octanol–water partition coefficient (Wildman–Crippen LogP) is 1.75. The summed E-state index contributed by atoms with van der Waals surface area (Å²) in [5.41, 5.74) is 8.03. The lowest BCUT2D eigenvalue weighted by Crippen LogP contribution is -2.19. The summed E-state index contributed by atoms with van der Waals surface area (Å²) < 4.78 is 12.5. The second kappa shape index (κ2) is 6.38. The fourth-order valence-electron chi connectivity index (χ4n) is 2.20. The molecule has 1 unspecified atom stereocenters. The van der Waals surface area contributed by atoms with Crippen molar-refractivity contribution in [3.63, 3.8) is 0 Å². The fraction of sp³-hybridized carbons (Fsp3) is 0.429. The number of rotatable bonds is 6. The molecule has 0 saturated carbocycles. The monoisotopic (exact) mass is 276 g/mol. The molecule has 0 spiro atoms. The van der Waals surface area contributed by atoms with Gasteiger partial charge in [0.2, 0.25) is 5.88 Å². The van der Waals surface area contributed by atoms with Crippen LogP contribution in [-0.4, -0.2) is 29.0 Å². The molecular weight excluding hydrogens is 256 g/mol. The number of pyridine rings is 1. The van der Waals surface area contributed by atoms with E-state index in [1.54, 1.807) is 26.6 Å². The second-order valence-corrected chi connectivity index (χ2v) is 4.40. The number of aromatic nitrogens is 3. The minimum Gasteiger partial charge on any atom is -0.493 e. The van der Waals surface area contributed by atoms with E-state index in [0.717, 1.165) is 24.2 Å². The van der Waals surface area contributed by atoms with E-state index in [2.05, 4.69) is 17.0 Å². The van der Waals surface area contributed by atoms with E-state index < -0.39 is 6.04 Å². The number of hydrogen-bond acceptors (Lipinski definition) is 5. The van der Waals surface area contributed by atoms with Gasteiger partial charge in [-0.15, -0.1) is 0 Å². The molecule has 108 valence electrons. The van der Waals surface area contributed by atoms with Crippen LogP contribution in [0.1, 0.15) is 30.6 Å². The van der Waals surface area contributed by atoms with Crippen LogP contribution in [-0.2, 0) is 6.54 Å². The maximum Gasteiger partial charge on any atom is 0.218 e. The Kier molecular flexibility index (Phi) is 4.57. The molecule has 0 bridgehead atoms. The van der Waals surface area contributed by atoms with E-state index in [-0.39, 0.29) is 0 Å². The number of nitrogens with two attached hydrogens (primary N) is 1. The molecule has 0 radical (unpaired) electrons. The van der Waals surface area contributed by atoms with E-state index in [4.69, 9.17) is 15.2 Å². The minimum atomic E-state index is -0.400. The molecule has 2 aromatic rings. The molecule has 6 nitrogen and oxygen atoms in total. The molecule has 6 heteroatoms. The van der Waals surface area contributed by atoms with E-state index >= 15 is 0 Å². The third-order valence-electron chi connectivity index (χ3n) is 3.12. The van der Waals surface area contributed by atoms with Gasteiger partial charge in [0, 0.05) is 18.3 Å². The molecule has 0 amide bonds. The summed E-state index contributed by atoms with van der Waals surface area (Å²) in [6.45, 7) is 2.88. The van der Waals surface area contributed by atoms with Gasteiger partial charge in [0.05, 0.1) is 26.5 Å². The molecule has 0 aromatic carbocycles. The SMILES string of the molecule is CCCn1ncc(OC)c1C(N)c1cccnc1OC. The van der Waals surface area contributed by atoms with Crippen molar-refractivity contribution in [3.05, 3.63) is 35.8 Å². The van der Waals surface area contributed by atoms with Crippen LogP contribution < -0.4 is 15.2 Å². The smallest absolute Gasteiger partial charge is 0.218 e. The van der Waals surface area contributed by atoms with Gasteiger partial charge in [-0.05, 0) is 12.5 Å². The Labute approximate surface area is 118 Å². The van der Waals surface area contributed by atoms with Gasteiger partial charge in [0.15, 0.2) is 5.75 Å². The topological polar surface area (TPSA) is 75.2 Å². The van der Waals surface area contributed by atoms with Crippen LogP contribution in [0.5, 0.6) is 11.6 Å². The highest BCUT2D eigenvalue weighted by atomic mass is 16.5. The van der Waals surface area contributed by atoms with Crippen LogP contribution in [0.25, 0.3) is 0 Å². The van der Waals surface area contributed by atoms with Crippen LogP contribution in [0.2, 0.25) is 0 Å². The van der Waals surface area contributed by atoms with Crippen molar-refractivity contribution in [2.45, 2.75) is 25.9 Å². The zero-order chi connectivity index (χ0) is 14.5. The van der Waals surface area contributed by atoms with Crippen molar-refractivity contribution in [3.8, 4) is 11.6 Å². The molecule has 2 rings (SSSR count). The highest BCUT2D eigenvalue weighted by Crippen LogP contribution is 2.31. The number of ether oxygens (including phenoxy) is 2. The molecular formula is C14H20N4O2. The Balaban J connectivity index is 2.46. The third kappa shape index (κ3) is 2.60. The standard InChI is InChI=1S/C14H20N4O2/c1-4-8-18-13(11(19-2)9-17-18)12(15)10-6-5-7-16-14(10)20-3/h5-7,9,12H,4,8,15H2,1-3H3. The average molecular weight is 276 g/mol. The van der Waals surface area contributed by atoms with Crippen molar-refractivity contribution >= 4 is 0 Å². The van der Waals surface area contributed by atoms with Crippen LogP contribution in [0, 0.1) is 0 Å². The normalized spacial score (nSPS) is 12.2. The molecule has 1 atom stereocenters. The van der Waals surface area contributed by atoms with Gasteiger partial charge < -0.3 is 15.2 Å². The second-order valence-electron chi connectivity index (χ2n) is 4.40. The number of hydrogen-bond donors (Lipinski definition) is 1. The summed E-state index contributed by atoms with van der Waals surface area (Å²) in [7, 11) is 3.20. The van der Waals surface area contributed by atoms with Crippen LogP contribution in [0.15, 0.2) is 24.5 Å². The van der Waals surface area contributed by atoms with E-state index in [1.807, 2.05) is 16.8 Å². The van der Waals surface area contributed by atoms with Gasteiger partial charge >= 0.3 is 0 Å². The van der Waals surface area contributed by atoms with Gasteiger partial charge in [-0.25, -0.2) is 4.98 Å². The van der Waals surface area contributed by atoms with E-state index in [1.165, 1.54) is 0 Å². The zero-order valence-corrected chi connectivity index (χ0v) is 12.0. The van der Waals surface area contributed by atoms with E-state index in [9.17, 15) is 0 Å². The van der Waals surface area contributed by atoms with Crippen molar-refractivity contribution < 1.29 is 9.47 Å². The zero-order valence-electron chi connectivity index (χ0n) is 12.0. The van der Waals surface area contributed by atoms with Crippen molar-refractivity contribution in [2.75, 3.05) is 14.2 Å². The molecule has 0 fully saturated rings. The number of methoxy groups -OCH3 is 2. The summed E-state index contributed by atoms with van der Waals surface area (Å²) in [5.74, 6) is 1.20. The number of nitrogens with zero attached hydrogens (tertiary/aromatic N) is 3. The maximum absolute atomic E-state index is 6.38. The highest BCUT2D eigenvalue weighted by molar-refractivity contribution is 5.40. The Morgan fingerprint density at radius 3 is 2.80 bits per heavy atom. The summed E-state index contributed by atoms with van der Waals surface area (Å²) >= 11 is 0. The summed E-state index contributed by atoms with van der Waals surface area (Å²) in [5, 5.41) is 4.33. The first-order valence-corrected chi connectivity index (χ1v) is 6.57. The predicted molar refractivity (Wildman–Crippen MR) is 75.9 cm³/mol. The van der Waals surface area contributed by atoms with Crippen molar-refractivity contribution in [1.29, 1.82) is 0 Å². The molecule has 2 N–H and O–H groups in total. The lowest BCUT2D eigenvalue weighted by molar-refractivity contribution is 0.385. The Hall–Kier alpha value is -2.08. The van der Waals surface area contributed by atoms with Gasteiger partial charge in [-0.1, -0.05) is 13.0 Å². The van der Waals surface area contributed by atoms with Gasteiger partial charge in [-0.3, -0.25) is 4.68 Å². The first-order valence-electron chi connectivity index (χ1n) is 6.57. The van der Waals surface area contributed by atoms with Gasteiger partial charge in [0.25, 0.3) is 0 Å². The molecule has 0 aliphatic carbocycles. The summed E-state index contributed by atoms with van der Waals surface area (Å²) in [6.07, 6.45) is 4.33. The van der Waals surface area contributed by atoms with Gasteiger partial charge in [0.1, 0.15) is 5.69 Å². The quantitative estimate of drug-likeness (QED) is 0.870. The van der Waals surface area contributed by atoms with Crippen LogP contribution in [0.3, 0.4) is 0 Å². The molecule has 0 aliphatic rings. The molecule has 0 saturated heterocycles. The summed E-state index contributed by atoms with van der Waals surface area (Å²) in [4.78, 5) is 4.19. The van der Waals surface area contributed by atoms with Crippen LogP contribution in [0.4, 0.5) is 0 Å². The molecule has 0 aliphatic heterocycles. The fourth-order valence-corrected chi connectivity index (χ4v) is 2.20. The minimum absolute atomic E-state index is 0.400. The molecule has 20 heavy (non-hydrogen) atoms. The lowest BCUT2D eigenvalue weighted by Gasteiger charge is -2.17. The highest BCUT2D eigenvalue weighted by Gasteiger charge is 2.23. The third-order valence-corrected chi connectivity index (χ3v) is 3.12. The Bertz CT molecular complexity index is 568. The Morgan fingerprint density at radius 1 is 1.35 bits per heavy atom. The Morgan fingerprint density at radius 2 is 2.15 bits per heavy atom. The molecule has 2 aromatic heterocycles. The first-order chi connectivity index (χ1) is 9.72. The number of aryl methyl sites for hydroxylation is 1. The van der Waals surface area contributed by atoms with Gasteiger partial charge in [-0.2, -0.15) is 5.10 Å². The largest absolute Gasteiger partial charge is 0.493 e. The summed E-state index contributed by atoms with van der Waals surface area (Å²) in [6, 6.07) is 3.34. The van der Waals surface area contributed by atoms with Crippen molar-refractivity contribution in [2.24, 2.45) is 5.73 Å². The van der Waals surface area contributed by atoms with Crippen LogP contribution >= 0.6 is 0 Å². The molecule has 2 heterocycles.